The number of nitrogen functional groups attached to an aromatic ring is 1. The first-order chi connectivity index (χ1) is 8.63. The number of carbonyl (C=O) groups is 1. The number of rotatable bonds is 6. The number of nitrogens with one attached hydrogen (secondary N) is 2. The van der Waals surface area contributed by atoms with Gasteiger partial charge >= 0.3 is 0 Å². The molecule has 0 fully saturated rings. The van der Waals surface area contributed by atoms with Crippen LogP contribution in [0.4, 0.5) is 5.69 Å². The van der Waals surface area contributed by atoms with Crippen molar-refractivity contribution in [3.8, 4) is 0 Å². The first kappa shape index (κ1) is 14.5. The number of hydrogen-bond acceptors (Lipinski definition) is 3. The SMILES string of the molecule is CCC(CC)C(C)NC(=O)c1ccccc1NN. The lowest BCUT2D eigenvalue weighted by Gasteiger charge is -2.23. The molecule has 0 aliphatic carbocycles. The molecule has 1 amide bonds. The first-order valence-electron chi connectivity index (χ1n) is 6.50. The molecule has 4 heteroatoms. The summed E-state index contributed by atoms with van der Waals surface area (Å²) in [5.41, 5.74) is 3.77. The number of hydrazine groups is 1. The molecule has 0 heterocycles. The van der Waals surface area contributed by atoms with Crippen LogP contribution in [-0.2, 0) is 0 Å². The number of anilines is 1. The molecule has 1 rings (SSSR count). The number of hydrogen-bond donors (Lipinski definition) is 3. The summed E-state index contributed by atoms with van der Waals surface area (Å²) >= 11 is 0. The molecule has 0 radical (unpaired) electrons. The van der Waals surface area contributed by atoms with Crippen LogP contribution in [0.2, 0.25) is 0 Å². The van der Waals surface area contributed by atoms with Crippen molar-refractivity contribution in [2.24, 2.45) is 11.8 Å². The summed E-state index contributed by atoms with van der Waals surface area (Å²) in [5, 5.41) is 3.04. The highest BCUT2D eigenvalue weighted by atomic mass is 16.1. The van der Waals surface area contributed by atoms with Crippen molar-refractivity contribution in [2.75, 3.05) is 5.43 Å². The minimum atomic E-state index is -0.0806. The van der Waals surface area contributed by atoms with Gasteiger partial charge in [-0.1, -0.05) is 38.8 Å². The summed E-state index contributed by atoms with van der Waals surface area (Å²) in [6, 6.07) is 7.40. The van der Waals surface area contributed by atoms with E-state index in [0.717, 1.165) is 12.8 Å². The monoisotopic (exact) mass is 249 g/mol. The molecular formula is C14H23N3O. The van der Waals surface area contributed by atoms with Gasteiger partial charge in [-0.2, -0.15) is 0 Å². The number of nitrogens with two attached hydrogens (primary N) is 1. The number of amides is 1. The van der Waals surface area contributed by atoms with Crippen LogP contribution in [0, 0.1) is 5.92 Å². The van der Waals surface area contributed by atoms with E-state index in [9.17, 15) is 4.79 Å². The highest BCUT2D eigenvalue weighted by molar-refractivity contribution is 5.99. The van der Waals surface area contributed by atoms with Crippen LogP contribution in [0.25, 0.3) is 0 Å². The molecule has 0 spiro atoms. The lowest BCUT2D eigenvalue weighted by Crippen LogP contribution is -2.38. The van der Waals surface area contributed by atoms with E-state index >= 15 is 0 Å². The van der Waals surface area contributed by atoms with E-state index in [1.54, 1.807) is 12.1 Å². The largest absolute Gasteiger partial charge is 0.349 e. The summed E-state index contributed by atoms with van der Waals surface area (Å²) < 4.78 is 0. The molecule has 1 unspecified atom stereocenters. The molecule has 4 N–H and O–H groups in total. The van der Waals surface area contributed by atoms with Gasteiger partial charge in [-0.25, -0.2) is 0 Å². The Morgan fingerprint density at radius 2 is 1.89 bits per heavy atom. The third-order valence-corrected chi connectivity index (χ3v) is 3.44. The minimum absolute atomic E-state index is 0.0806. The molecule has 0 aliphatic heterocycles. The highest BCUT2D eigenvalue weighted by Gasteiger charge is 2.18. The van der Waals surface area contributed by atoms with Gasteiger partial charge in [-0.05, 0) is 25.0 Å². The predicted molar refractivity (Wildman–Crippen MR) is 75.3 cm³/mol. The van der Waals surface area contributed by atoms with Crippen LogP contribution in [0.1, 0.15) is 44.0 Å². The van der Waals surface area contributed by atoms with Gasteiger partial charge < -0.3 is 10.7 Å². The summed E-state index contributed by atoms with van der Waals surface area (Å²) in [7, 11) is 0. The van der Waals surface area contributed by atoms with Crippen LogP contribution in [0.5, 0.6) is 0 Å². The van der Waals surface area contributed by atoms with Gasteiger partial charge in [0.05, 0.1) is 11.3 Å². The molecule has 0 saturated heterocycles. The molecule has 1 aromatic rings. The second kappa shape index (κ2) is 7.01. The predicted octanol–water partition coefficient (Wildman–Crippen LogP) is 2.53. The summed E-state index contributed by atoms with van der Waals surface area (Å²) in [5.74, 6) is 5.83. The second-order valence-corrected chi connectivity index (χ2v) is 4.53. The minimum Gasteiger partial charge on any atom is -0.349 e. The normalized spacial score (nSPS) is 12.3. The molecule has 0 aliphatic rings. The van der Waals surface area contributed by atoms with Gasteiger partial charge in [0.2, 0.25) is 0 Å². The fourth-order valence-corrected chi connectivity index (χ4v) is 2.21. The van der Waals surface area contributed by atoms with Gasteiger partial charge in [0.15, 0.2) is 0 Å². The third-order valence-electron chi connectivity index (χ3n) is 3.44. The molecule has 100 valence electrons. The summed E-state index contributed by atoms with van der Waals surface area (Å²) in [6.45, 7) is 6.34. The Labute approximate surface area is 109 Å². The Kier molecular flexibility index (Phi) is 5.65. The Balaban J connectivity index is 2.76. The van der Waals surface area contributed by atoms with E-state index in [0.29, 0.717) is 17.2 Å². The fourth-order valence-electron chi connectivity index (χ4n) is 2.21. The molecule has 0 aromatic heterocycles. The van der Waals surface area contributed by atoms with Crippen LogP contribution in [0.15, 0.2) is 24.3 Å². The highest BCUT2D eigenvalue weighted by Crippen LogP contribution is 2.16. The average Bonchev–Trinajstić information content (AvgIpc) is 2.40. The Morgan fingerprint density at radius 1 is 1.28 bits per heavy atom. The van der Waals surface area contributed by atoms with Crippen molar-refractivity contribution < 1.29 is 4.79 Å². The number of carbonyl (C=O) groups excluding carboxylic acids is 1. The molecule has 0 saturated carbocycles. The quantitative estimate of drug-likeness (QED) is 0.536. The summed E-state index contributed by atoms with van der Waals surface area (Å²) in [4.78, 5) is 12.2. The van der Waals surface area contributed by atoms with E-state index in [1.807, 2.05) is 19.1 Å². The van der Waals surface area contributed by atoms with Crippen molar-refractivity contribution in [1.82, 2.24) is 5.32 Å². The van der Waals surface area contributed by atoms with Gasteiger partial charge in [-0.3, -0.25) is 10.6 Å². The lowest BCUT2D eigenvalue weighted by molar-refractivity contribution is 0.0926. The van der Waals surface area contributed by atoms with Gasteiger partial charge in [0.1, 0.15) is 0 Å². The van der Waals surface area contributed by atoms with Crippen molar-refractivity contribution in [1.29, 1.82) is 0 Å². The number of benzene rings is 1. The van der Waals surface area contributed by atoms with Crippen LogP contribution in [-0.4, -0.2) is 11.9 Å². The average molecular weight is 249 g/mol. The molecule has 1 aromatic carbocycles. The zero-order valence-electron chi connectivity index (χ0n) is 11.4. The van der Waals surface area contributed by atoms with Crippen molar-refractivity contribution >= 4 is 11.6 Å². The Bertz CT molecular complexity index is 388. The van der Waals surface area contributed by atoms with Gasteiger partial charge in [0.25, 0.3) is 5.91 Å². The Hall–Kier alpha value is -1.55. The maximum atomic E-state index is 12.2. The zero-order chi connectivity index (χ0) is 13.5. The van der Waals surface area contributed by atoms with Crippen LogP contribution in [0.3, 0.4) is 0 Å². The van der Waals surface area contributed by atoms with Crippen molar-refractivity contribution in [3.05, 3.63) is 29.8 Å². The first-order valence-corrected chi connectivity index (χ1v) is 6.50. The Morgan fingerprint density at radius 3 is 2.44 bits per heavy atom. The van der Waals surface area contributed by atoms with E-state index in [2.05, 4.69) is 24.6 Å². The smallest absolute Gasteiger partial charge is 0.253 e. The lowest BCUT2D eigenvalue weighted by atomic mass is 9.95. The molecular weight excluding hydrogens is 226 g/mol. The maximum absolute atomic E-state index is 12.2. The van der Waals surface area contributed by atoms with E-state index in [-0.39, 0.29) is 11.9 Å². The van der Waals surface area contributed by atoms with Crippen LogP contribution < -0.4 is 16.6 Å². The van der Waals surface area contributed by atoms with E-state index in [4.69, 9.17) is 5.84 Å². The van der Waals surface area contributed by atoms with Crippen LogP contribution >= 0.6 is 0 Å². The molecule has 18 heavy (non-hydrogen) atoms. The molecule has 1 atom stereocenters. The fraction of sp³-hybridized carbons (Fsp3) is 0.500. The maximum Gasteiger partial charge on any atom is 0.253 e. The van der Waals surface area contributed by atoms with E-state index < -0.39 is 0 Å². The van der Waals surface area contributed by atoms with Gasteiger partial charge in [-0.15, -0.1) is 0 Å². The standard InChI is InChI=1S/C14H23N3O/c1-4-11(5-2)10(3)16-14(18)12-8-6-7-9-13(12)17-15/h6-11,17H,4-5,15H2,1-3H3,(H,16,18). The van der Waals surface area contributed by atoms with Crippen molar-refractivity contribution in [2.45, 2.75) is 39.7 Å². The molecule has 4 nitrogen and oxygen atoms in total. The third kappa shape index (κ3) is 3.47. The van der Waals surface area contributed by atoms with E-state index in [1.165, 1.54) is 0 Å². The zero-order valence-corrected chi connectivity index (χ0v) is 11.4. The summed E-state index contributed by atoms with van der Waals surface area (Å²) in [6.07, 6.45) is 2.13. The number of para-hydroxylation sites is 1. The molecule has 0 bridgehead atoms. The second-order valence-electron chi connectivity index (χ2n) is 4.53. The van der Waals surface area contributed by atoms with Crippen molar-refractivity contribution in [3.63, 3.8) is 0 Å². The van der Waals surface area contributed by atoms with Gasteiger partial charge in [0, 0.05) is 6.04 Å². The topological polar surface area (TPSA) is 67.2 Å².